The summed E-state index contributed by atoms with van der Waals surface area (Å²) in [4.78, 5) is 0. The third kappa shape index (κ3) is 3.08. The molecule has 1 aliphatic heterocycles. The van der Waals surface area contributed by atoms with E-state index in [1.807, 2.05) is 0 Å². The van der Waals surface area contributed by atoms with Gasteiger partial charge in [0, 0.05) is 13.1 Å². The summed E-state index contributed by atoms with van der Waals surface area (Å²) in [7, 11) is -3.88. The second-order valence-corrected chi connectivity index (χ2v) is 5.81. The highest BCUT2D eigenvalue weighted by Gasteiger charge is 2.48. The Morgan fingerprint density at radius 3 is 2.44 bits per heavy atom. The zero-order chi connectivity index (χ0) is 12.4. The number of hydrogen-bond donors (Lipinski definition) is 1. The normalized spacial score (nSPS) is 24.6. The van der Waals surface area contributed by atoms with Gasteiger partial charge in [-0.2, -0.15) is 17.5 Å². The predicted octanol–water partition coefficient (Wildman–Crippen LogP) is 0.692. The summed E-state index contributed by atoms with van der Waals surface area (Å²) in [5.41, 5.74) is 5.09. The van der Waals surface area contributed by atoms with E-state index < -0.39 is 28.0 Å². The van der Waals surface area contributed by atoms with Gasteiger partial charge in [-0.15, -0.1) is 0 Å². The van der Waals surface area contributed by atoms with Crippen LogP contribution in [0.1, 0.15) is 19.3 Å². The Morgan fingerprint density at radius 1 is 1.31 bits per heavy atom. The van der Waals surface area contributed by atoms with E-state index in [0.717, 1.165) is 0 Å². The molecule has 96 valence electrons. The van der Waals surface area contributed by atoms with Crippen LogP contribution in [0.15, 0.2) is 0 Å². The van der Waals surface area contributed by atoms with Gasteiger partial charge >= 0.3 is 6.18 Å². The van der Waals surface area contributed by atoms with Crippen molar-refractivity contribution in [2.45, 2.75) is 31.5 Å². The molecule has 1 rings (SSSR count). The van der Waals surface area contributed by atoms with Gasteiger partial charge in [0.2, 0.25) is 10.0 Å². The minimum atomic E-state index is -4.50. The average Bonchev–Trinajstić information content (AvgIpc) is 2.16. The van der Waals surface area contributed by atoms with Gasteiger partial charge in [0.25, 0.3) is 0 Å². The monoisotopic (exact) mass is 260 g/mol. The second kappa shape index (κ2) is 4.89. The molecule has 1 atom stereocenters. The van der Waals surface area contributed by atoms with E-state index in [4.69, 9.17) is 5.73 Å². The summed E-state index contributed by atoms with van der Waals surface area (Å²) in [5, 5.41) is 0. The molecule has 16 heavy (non-hydrogen) atoms. The quantitative estimate of drug-likeness (QED) is 0.812. The van der Waals surface area contributed by atoms with Crippen molar-refractivity contribution in [3.05, 3.63) is 0 Å². The molecule has 0 aromatic heterocycles. The van der Waals surface area contributed by atoms with Crippen molar-refractivity contribution in [2.24, 2.45) is 5.73 Å². The molecular formula is C8H15F3N2O2S. The molecule has 4 nitrogen and oxygen atoms in total. The molecule has 0 amide bonds. The summed E-state index contributed by atoms with van der Waals surface area (Å²) in [6.07, 6.45) is -3.79. The number of rotatable bonds is 3. The van der Waals surface area contributed by atoms with Gasteiger partial charge < -0.3 is 5.73 Å². The molecule has 8 heteroatoms. The number of hydrogen-bond acceptors (Lipinski definition) is 3. The lowest BCUT2D eigenvalue weighted by Crippen LogP contribution is -2.52. The third-order valence-electron chi connectivity index (χ3n) is 2.56. The molecule has 1 unspecified atom stereocenters. The first-order chi connectivity index (χ1) is 7.29. The van der Waals surface area contributed by atoms with Crippen LogP contribution in [0.3, 0.4) is 0 Å². The number of alkyl halides is 3. The summed E-state index contributed by atoms with van der Waals surface area (Å²) in [6.45, 7) is -0.226. The Hall–Kier alpha value is -0.340. The Morgan fingerprint density at radius 2 is 1.94 bits per heavy atom. The smallest absolute Gasteiger partial charge is 0.329 e. The Kier molecular flexibility index (Phi) is 4.19. The van der Waals surface area contributed by atoms with E-state index in [-0.39, 0.29) is 19.5 Å². The van der Waals surface area contributed by atoms with Crippen molar-refractivity contribution >= 4 is 10.0 Å². The fourth-order valence-corrected chi connectivity index (χ4v) is 3.38. The molecule has 0 bridgehead atoms. The van der Waals surface area contributed by atoms with E-state index >= 15 is 0 Å². The van der Waals surface area contributed by atoms with E-state index in [2.05, 4.69) is 0 Å². The van der Waals surface area contributed by atoms with Crippen LogP contribution in [0.2, 0.25) is 0 Å². The Bertz CT molecular complexity index is 329. The molecule has 1 saturated heterocycles. The SMILES string of the molecule is NCCS(=O)(=O)N1CCCCC1C(F)(F)F. The van der Waals surface area contributed by atoms with Gasteiger partial charge in [-0.25, -0.2) is 8.42 Å². The average molecular weight is 260 g/mol. The lowest BCUT2D eigenvalue weighted by molar-refractivity contribution is -0.177. The van der Waals surface area contributed by atoms with Gasteiger partial charge in [0.15, 0.2) is 0 Å². The number of nitrogens with two attached hydrogens (primary N) is 1. The molecule has 1 aliphatic rings. The number of sulfonamides is 1. The van der Waals surface area contributed by atoms with Crippen molar-refractivity contribution in [3.63, 3.8) is 0 Å². The van der Waals surface area contributed by atoms with Crippen LogP contribution in [-0.2, 0) is 10.0 Å². The lowest BCUT2D eigenvalue weighted by atomic mass is 10.1. The van der Waals surface area contributed by atoms with Crippen molar-refractivity contribution in [3.8, 4) is 0 Å². The molecule has 1 fully saturated rings. The van der Waals surface area contributed by atoms with Crippen LogP contribution in [0, 0.1) is 0 Å². The van der Waals surface area contributed by atoms with Crippen LogP contribution in [0.5, 0.6) is 0 Å². The molecule has 2 N–H and O–H groups in total. The van der Waals surface area contributed by atoms with Gasteiger partial charge in [-0.1, -0.05) is 6.42 Å². The summed E-state index contributed by atoms with van der Waals surface area (Å²) in [5.74, 6) is -0.431. The first-order valence-electron chi connectivity index (χ1n) is 5.05. The number of halogens is 3. The fraction of sp³-hybridized carbons (Fsp3) is 1.00. The van der Waals surface area contributed by atoms with E-state index in [1.54, 1.807) is 0 Å². The largest absolute Gasteiger partial charge is 0.405 e. The molecule has 0 saturated carbocycles. The van der Waals surface area contributed by atoms with E-state index in [9.17, 15) is 21.6 Å². The van der Waals surface area contributed by atoms with Crippen LogP contribution >= 0.6 is 0 Å². The van der Waals surface area contributed by atoms with Gasteiger partial charge in [0.05, 0.1) is 5.75 Å². The molecule has 1 heterocycles. The van der Waals surface area contributed by atoms with Crippen LogP contribution in [-0.4, -0.2) is 43.8 Å². The minimum absolute atomic E-state index is 0.0630. The predicted molar refractivity (Wildman–Crippen MR) is 53.2 cm³/mol. The summed E-state index contributed by atoms with van der Waals surface area (Å²) >= 11 is 0. The highest BCUT2D eigenvalue weighted by atomic mass is 32.2. The molecule has 0 spiro atoms. The van der Waals surface area contributed by atoms with Crippen molar-refractivity contribution < 1.29 is 21.6 Å². The molecule has 0 aliphatic carbocycles. The maximum Gasteiger partial charge on any atom is 0.405 e. The first-order valence-corrected chi connectivity index (χ1v) is 6.66. The van der Waals surface area contributed by atoms with Crippen LogP contribution in [0.4, 0.5) is 13.2 Å². The molecular weight excluding hydrogens is 245 g/mol. The van der Waals surface area contributed by atoms with Crippen LogP contribution in [0.25, 0.3) is 0 Å². The highest BCUT2D eigenvalue weighted by molar-refractivity contribution is 7.89. The maximum atomic E-state index is 12.6. The zero-order valence-corrected chi connectivity index (χ0v) is 9.52. The van der Waals surface area contributed by atoms with Crippen molar-refractivity contribution in [1.29, 1.82) is 0 Å². The van der Waals surface area contributed by atoms with Gasteiger partial charge in [0.1, 0.15) is 6.04 Å². The Balaban J connectivity index is 2.91. The number of piperidine rings is 1. The first kappa shape index (κ1) is 13.7. The second-order valence-electron chi connectivity index (χ2n) is 3.77. The van der Waals surface area contributed by atoms with E-state index in [0.29, 0.717) is 17.1 Å². The molecule has 0 aromatic carbocycles. The highest BCUT2D eigenvalue weighted by Crippen LogP contribution is 2.33. The topological polar surface area (TPSA) is 63.4 Å². The molecule has 0 radical (unpaired) electrons. The van der Waals surface area contributed by atoms with Gasteiger partial charge in [-0.05, 0) is 12.8 Å². The Labute approximate surface area is 92.6 Å². The zero-order valence-electron chi connectivity index (χ0n) is 8.70. The third-order valence-corrected chi connectivity index (χ3v) is 4.47. The summed E-state index contributed by atoms with van der Waals surface area (Å²) < 4.78 is 61.6. The lowest BCUT2D eigenvalue weighted by Gasteiger charge is -2.35. The van der Waals surface area contributed by atoms with Crippen molar-refractivity contribution in [2.75, 3.05) is 18.8 Å². The molecule has 0 aromatic rings. The standard InChI is InChI=1S/C8H15F3N2O2S/c9-8(10,11)7-3-1-2-5-13(7)16(14,15)6-4-12/h7H,1-6,12H2. The van der Waals surface area contributed by atoms with Gasteiger partial charge in [-0.3, -0.25) is 0 Å². The van der Waals surface area contributed by atoms with Crippen LogP contribution < -0.4 is 5.73 Å². The minimum Gasteiger partial charge on any atom is -0.329 e. The number of nitrogens with zero attached hydrogens (tertiary/aromatic N) is 1. The van der Waals surface area contributed by atoms with E-state index in [1.165, 1.54) is 0 Å². The maximum absolute atomic E-state index is 12.6. The summed E-state index contributed by atoms with van der Waals surface area (Å²) in [6, 6.07) is -1.88. The van der Waals surface area contributed by atoms with Crippen molar-refractivity contribution in [1.82, 2.24) is 4.31 Å². The fourth-order valence-electron chi connectivity index (χ4n) is 1.83.